The van der Waals surface area contributed by atoms with E-state index in [2.05, 4.69) is 5.32 Å². The van der Waals surface area contributed by atoms with Crippen molar-refractivity contribution in [2.75, 3.05) is 0 Å². The van der Waals surface area contributed by atoms with Crippen molar-refractivity contribution in [3.8, 4) is 5.75 Å². The van der Waals surface area contributed by atoms with Crippen LogP contribution in [-0.4, -0.2) is 23.0 Å². The third kappa shape index (κ3) is 3.94. The van der Waals surface area contributed by atoms with Gasteiger partial charge in [0.1, 0.15) is 5.75 Å². The molecule has 1 N–H and O–H groups in total. The minimum atomic E-state index is -0.428. The molecule has 0 heterocycles. The zero-order valence-electron chi connectivity index (χ0n) is 11.4. The molecule has 108 valence electrons. The third-order valence-electron chi connectivity index (χ3n) is 3.43. The second-order valence-corrected chi connectivity index (χ2v) is 5.04. The molecule has 0 saturated heterocycles. The third-order valence-corrected chi connectivity index (χ3v) is 3.43. The molecule has 0 aliphatic heterocycles. The van der Waals surface area contributed by atoms with E-state index in [4.69, 9.17) is 4.74 Å². The van der Waals surface area contributed by atoms with Crippen LogP contribution in [0.25, 0.3) is 0 Å². The van der Waals surface area contributed by atoms with E-state index >= 15 is 0 Å². The smallest absolute Gasteiger partial charge is 0.269 e. The van der Waals surface area contributed by atoms with E-state index in [9.17, 15) is 14.9 Å². The fourth-order valence-electron chi connectivity index (χ4n) is 2.45. The Kier molecular flexibility index (Phi) is 4.55. The first-order valence-corrected chi connectivity index (χ1v) is 6.73. The molecule has 0 aromatic heterocycles. The highest BCUT2D eigenvalue weighted by Gasteiger charge is 2.22. The lowest BCUT2D eigenvalue weighted by atomic mass is 9.93. The summed E-state index contributed by atoms with van der Waals surface area (Å²) in [5.41, 5.74) is 0.0618. The van der Waals surface area contributed by atoms with Crippen LogP contribution < -0.4 is 10.1 Å². The number of hydrogen-bond donors (Lipinski definition) is 1. The van der Waals surface area contributed by atoms with Crippen molar-refractivity contribution in [1.82, 2.24) is 5.32 Å². The molecule has 0 bridgehead atoms. The molecule has 6 heteroatoms. The second kappa shape index (κ2) is 6.36. The maximum Gasteiger partial charge on any atom is 0.269 e. The predicted molar refractivity (Wildman–Crippen MR) is 73.6 cm³/mol. The largest absolute Gasteiger partial charge is 0.490 e. The lowest BCUT2D eigenvalue weighted by Crippen LogP contribution is -2.38. The number of ether oxygens (including phenoxy) is 1. The maximum atomic E-state index is 11.0. The molecule has 1 aromatic rings. The molecule has 1 fully saturated rings. The van der Waals surface area contributed by atoms with Crippen LogP contribution in [0.2, 0.25) is 0 Å². The SMILES string of the molecule is CC(=O)N[C@H]1CC[C@H](Oc2ccc([N+](=O)[O-])cc2)CC1. The molecule has 1 amide bonds. The minimum Gasteiger partial charge on any atom is -0.490 e. The van der Waals surface area contributed by atoms with Gasteiger partial charge in [-0.3, -0.25) is 14.9 Å². The van der Waals surface area contributed by atoms with E-state index < -0.39 is 4.92 Å². The summed E-state index contributed by atoms with van der Waals surface area (Å²) in [7, 11) is 0. The Balaban J connectivity index is 1.83. The predicted octanol–water partition coefficient (Wildman–Crippen LogP) is 2.42. The molecule has 0 atom stereocenters. The molecule has 1 aliphatic rings. The fraction of sp³-hybridized carbons (Fsp3) is 0.500. The summed E-state index contributed by atoms with van der Waals surface area (Å²) in [4.78, 5) is 21.1. The summed E-state index contributed by atoms with van der Waals surface area (Å²) >= 11 is 0. The van der Waals surface area contributed by atoms with Crippen LogP contribution >= 0.6 is 0 Å². The molecule has 0 spiro atoms. The summed E-state index contributed by atoms with van der Waals surface area (Å²) in [5, 5.41) is 13.5. The first-order chi connectivity index (χ1) is 9.54. The number of nitrogens with zero attached hydrogens (tertiary/aromatic N) is 1. The van der Waals surface area contributed by atoms with Crippen LogP contribution in [-0.2, 0) is 4.79 Å². The van der Waals surface area contributed by atoms with Gasteiger partial charge in [-0.1, -0.05) is 0 Å². The number of rotatable bonds is 4. The molecule has 2 rings (SSSR count). The highest BCUT2D eigenvalue weighted by atomic mass is 16.6. The van der Waals surface area contributed by atoms with Crippen molar-refractivity contribution in [3.63, 3.8) is 0 Å². The van der Waals surface area contributed by atoms with Crippen LogP contribution in [0, 0.1) is 10.1 Å². The Hall–Kier alpha value is -2.11. The summed E-state index contributed by atoms with van der Waals surface area (Å²) in [6, 6.07) is 6.37. The normalized spacial score (nSPS) is 22.1. The molecule has 0 unspecified atom stereocenters. The Morgan fingerprint density at radius 1 is 1.25 bits per heavy atom. The number of nitro benzene ring substituents is 1. The quantitative estimate of drug-likeness (QED) is 0.677. The monoisotopic (exact) mass is 278 g/mol. The van der Waals surface area contributed by atoms with E-state index in [1.807, 2.05) is 0 Å². The molecule has 1 aliphatic carbocycles. The van der Waals surface area contributed by atoms with Crippen molar-refractivity contribution >= 4 is 11.6 Å². The summed E-state index contributed by atoms with van der Waals surface area (Å²) in [6.07, 6.45) is 3.67. The van der Waals surface area contributed by atoms with Crippen molar-refractivity contribution in [2.24, 2.45) is 0 Å². The van der Waals surface area contributed by atoms with Gasteiger partial charge in [-0.05, 0) is 37.8 Å². The van der Waals surface area contributed by atoms with Gasteiger partial charge in [-0.2, -0.15) is 0 Å². The summed E-state index contributed by atoms with van der Waals surface area (Å²) in [6.45, 7) is 1.53. The van der Waals surface area contributed by atoms with Gasteiger partial charge in [0.05, 0.1) is 11.0 Å². The highest BCUT2D eigenvalue weighted by molar-refractivity contribution is 5.73. The first kappa shape index (κ1) is 14.3. The zero-order valence-corrected chi connectivity index (χ0v) is 11.4. The van der Waals surface area contributed by atoms with Crippen molar-refractivity contribution in [3.05, 3.63) is 34.4 Å². The number of benzene rings is 1. The van der Waals surface area contributed by atoms with Crippen molar-refractivity contribution in [2.45, 2.75) is 44.8 Å². The summed E-state index contributed by atoms with van der Waals surface area (Å²) in [5.74, 6) is 0.656. The average Bonchev–Trinajstić information content (AvgIpc) is 2.41. The average molecular weight is 278 g/mol. The summed E-state index contributed by atoms with van der Waals surface area (Å²) < 4.78 is 5.81. The molecule has 20 heavy (non-hydrogen) atoms. The Labute approximate surface area is 117 Å². The number of non-ortho nitro benzene ring substituents is 1. The Bertz CT molecular complexity index is 478. The molecule has 6 nitrogen and oxygen atoms in total. The minimum absolute atomic E-state index is 0.00439. The van der Waals surface area contributed by atoms with Gasteiger partial charge in [-0.15, -0.1) is 0 Å². The highest BCUT2D eigenvalue weighted by Crippen LogP contribution is 2.25. The first-order valence-electron chi connectivity index (χ1n) is 6.73. The Morgan fingerprint density at radius 2 is 1.85 bits per heavy atom. The van der Waals surface area contributed by atoms with Gasteiger partial charge in [0.2, 0.25) is 5.91 Å². The van der Waals surface area contributed by atoms with Crippen molar-refractivity contribution < 1.29 is 14.5 Å². The van der Waals surface area contributed by atoms with Crippen LogP contribution in [0.4, 0.5) is 5.69 Å². The van der Waals surface area contributed by atoms with E-state index in [0.29, 0.717) is 5.75 Å². The number of hydrogen-bond acceptors (Lipinski definition) is 4. The van der Waals surface area contributed by atoms with Gasteiger partial charge in [-0.25, -0.2) is 0 Å². The number of carbonyl (C=O) groups is 1. The lowest BCUT2D eigenvalue weighted by Gasteiger charge is -2.29. The van der Waals surface area contributed by atoms with Gasteiger partial charge in [0.25, 0.3) is 5.69 Å². The number of nitro groups is 1. The zero-order chi connectivity index (χ0) is 14.5. The molecule has 1 aromatic carbocycles. The topological polar surface area (TPSA) is 81.5 Å². The lowest BCUT2D eigenvalue weighted by molar-refractivity contribution is -0.384. The maximum absolute atomic E-state index is 11.0. The number of nitrogens with one attached hydrogen (secondary N) is 1. The molecular weight excluding hydrogens is 260 g/mol. The van der Waals surface area contributed by atoms with Crippen LogP contribution in [0.15, 0.2) is 24.3 Å². The van der Waals surface area contributed by atoms with Crippen LogP contribution in [0.5, 0.6) is 5.75 Å². The van der Waals surface area contributed by atoms with Gasteiger partial charge in [0, 0.05) is 25.1 Å². The van der Waals surface area contributed by atoms with Gasteiger partial charge in [0.15, 0.2) is 0 Å². The number of amides is 1. The van der Waals surface area contributed by atoms with Gasteiger partial charge < -0.3 is 10.1 Å². The number of carbonyl (C=O) groups excluding carboxylic acids is 1. The van der Waals surface area contributed by atoms with Crippen molar-refractivity contribution in [1.29, 1.82) is 0 Å². The molecule has 1 saturated carbocycles. The fourth-order valence-corrected chi connectivity index (χ4v) is 2.45. The van der Waals surface area contributed by atoms with Crippen LogP contribution in [0.3, 0.4) is 0 Å². The molecule has 0 radical (unpaired) electrons. The van der Waals surface area contributed by atoms with E-state index in [0.717, 1.165) is 25.7 Å². The standard InChI is InChI=1S/C14H18N2O4/c1-10(17)15-11-2-6-13(7-3-11)20-14-8-4-12(5-9-14)16(18)19/h4-5,8-9,11,13H,2-3,6-7H2,1H3,(H,15,17)/t11-,13-. The van der Waals surface area contributed by atoms with E-state index in [1.165, 1.54) is 19.1 Å². The van der Waals surface area contributed by atoms with Crippen LogP contribution in [0.1, 0.15) is 32.6 Å². The molecular formula is C14H18N2O4. The second-order valence-electron chi connectivity index (χ2n) is 5.04. The Morgan fingerprint density at radius 3 is 2.35 bits per heavy atom. The van der Waals surface area contributed by atoms with E-state index in [1.54, 1.807) is 12.1 Å². The van der Waals surface area contributed by atoms with Gasteiger partial charge >= 0.3 is 0 Å². The van der Waals surface area contributed by atoms with E-state index in [-0.39, 0.29) is 23.7 Å².